The van der Waals surface area contributed by atoms with E-state index in [0.717, 1.165) is 27.0 Å². The maximum absolute atomic E-state index is 5.79. The largest absolute Gasteiger partial charge is 0.455 e. The molecule has 3 aromatic rings. The molecule has 4 heteroatoms. The molecule has 2 aromatic carbocycles. The maximum Gasteiger partial charge on any atom is 0.147 e. The lowest BCUT2D eigenvalue weighted by Crippen LogP contribution is -1.93. The van der Waals surface area contributed by atoms with E-state index in [-0.39, 0.29) is 0 Å². The minimum atomic E-state index is 0.709. The van der Waals surface area contributed by atoms with Crippen LogP contribution in [0.5, 0.6) is 0 Å². The number of furan rings is 1. The first-order chi connectivity index (χ1) is 11.1. The van der Waals surface area contributed by atoms with E-state index in [9.17, 15) is 0 Å². The van der Waals surface area contributed by atoms with E-state index >= 15 is 0 Å². The highest BCUT2D eigenvalue weighted by Gasteiger charge is 2.03. The second-order valence-corrected chi connectivity index (χ2v) is 6.31. The third kappa shape index (κ3) is 3.90. The van der Waals surface area contributed by atoms with Crippen molar-refractivity contribution in [1.29, 1.82) is 0 Å². The molecule has 0 amide bonds. The zero-order valence-corrected chi connectivity index (χ0v) is 14.6. The number of nitrogens with one attached hydrogen (secondary N) is 1. The van der Waals surface area contributed by atoms with Crippen LogP contribution in [0.15, 0.2) is 68.6 Å². The SMILES string of the molecule is Cc1ccc(NN=Cc2ccc(-c3ccc(Br)cc3)o2)c(C)c1. The van der Waals surface area contributed by atoms with E-state index in [1.54, 1.807) is 6.21 Å². The Hall–Kier alpha value is -2.33. The van der Waals surface area contributed by atoms with E-state index in [1.165, 1.54) is 5.56 Å². The predicted molar refractivity (Wildman–Crippen MR) is 99.0 cm³/mol. The van der Waals surface area contributed by atoms with E-state index < -0.39 is 0 Å². The van der Waals surface area contributed by atoms with Crippen molar-refractivity contribution in [3.05, 3.63) is 76.0 Å². The molecule has 0 aliphatic rings. The number of rotatable bonds is 4. The Labute approximate surface area is 144 Å². The molecule has 1 heterocycles. The number of benzene rings is 2. The van der Waals surface area contributed by atoms with Gasteiger partial charge in [-0.2, -0.15) is 5.10 Å². The van der Waals surface area contributed by atoms with Gasteiger partial charge in [-0.1, -0.05) is 45.8 Å². The van der Waals surface area contributed by atoms with Crippen LogP contribution in [0.25, 0.3) is 11.3 Å². The quantitative estimate of drug-likeness (QED) is 0.468. The summed E-state index contributed by atoms with van der Waals surface area (Å²) in [6, 6.07) is 18.1. The van der Waals surface area contributed by atoms with Crippen molar-refractivity contribution in [3.8, 4) is 11.3 Å². The Morgan fingerprint density at radius 1 is 1.00 bits per heavy atom. The average Bonchev–Trinajstić information content (AvgIpc) is 2.99. The summed E-state index contributed by atoms with van der Waals surface area (Å²) in [6.45, 7) is 4.13. The third-order valence-electron chi connectivity index (χ3n) is 3.51. The van der Waals surface area contributed by atoms with Gasteiger partial charge >= 0.3 is 0 Å². The van der Waals surface area contributed by atoms with Crippen LogP contribution in [0.3, 0.4) is 0 Å². The maximum atomic E-state index is 5.79. The fourth-order valence-corrected chi connectivity index (χ4v) is 2.56. The molecule has 0 unspecified atom stereocenters. The molecule has 0 saturated carbocycles. The molecule has 0 atom stereocenters. The summed E-state index contributed by atoms with van der Waals surface area (Å²) >= 11 is 3.43. The van der Waals surface area contributed by atoms with Crippen molar-refractivity contribution < 1.29 is 4.42 Å². The van der Waals surface area contributed by atoms with Gasteiger partial charge in [0.15, 0.2) is 0 Å². The molecule has 116 valence electrons. The van der Waals surface area contributed by atoms with E-state index in [4.69, 9.17) is 4.42 Å². The highest BCUT2D eigenvalue weighted by molar-refractivity contribution is 9.10. The first-order valence-corrected chi connectivity index (χ1v) is 8.13. The minimum Gasteiger partial charge on any atom is -0.455 e. The monoisotopic (exact) mass is 368 g/mol. The predicted octanol–water partition coefficient (Wildman–Crippen LogP) is 5.77. The number of nitrogens with zero attached hydrogens (tertiary/aromatic N) is 1. The van der Waals surface area contributed by atoms with E-state index in [0.29, 0.717) is 5.76 Å². The smallest absolute Gasteiger partial charge is 0.147 e. The van der Waals surface area contributed by atoms with E-state index in [1.807, 2.05) is 42.5 Å². The summed E-state index contributed by atoms with van der Waals surface area (Å²) in [6.07, 6.45) is 1.68. The summed E-state index contributed by atoms with van der Waals surface area (Å²) in [5.41, 5.74) is 7.48. The number of hydrogen-bond donors (Lipinski definition) is 1. The fraction of sp³-hybridized carbons (Fsp3) is 0.105. The number of anilines is 1. The van der Waals surface area contributed by atoms with Crippen molar-refractivity contribution in [2.24, 2.45) is 5.10 Å². The average molecular weight is 369 g/mol. The second-order valence-electron chi connectivity index (χ2n) is 5.40. The topological polar surface area (TPSA) is 37.5 Å². The number of aryl methyl sites for hydroxylation is 2. The summed E-state index contributed by atoms with van der Waals surface area (Å²) in [4.78, 5) is 0. The molecule has 0 fully saturated rings. The van der Waals surface area contributed by atoms with Crippen LogP contribution < -0.4 is 5.43 Å². The van der Waals surface area contributed by atoms with Gasteiger partial charge in [0.05, 0.1) is 11.9 Å². The minimum absolute atomic E-state index is 0.709. The molecule has 0 aliphatic heterocycles. The van der Waals surface area contributed by atoms with Gasteiger partial charge < -0.3 is 4.42 Å². The molecular weight excluding hydrogens is 352 g/mol. The highest BCUT2D eigenvalue weighted by Crippen LogP contribution is 2.23. The van der Waals surface area contributed by atoms with Crippen molar-refractivity contribution >= 4 is 27.8 Å². The Morgan fingerprint density at radius 3 is 2.52 bits per heavy atom. The third-order valence-corrected chi connectivity index (χ3v) is 4.04. The Kier molecular flexibility index (Phi) is 4.63. The van der Waals surface area contributed by atoms with Gasteiger partial charge in [-0.15, -0.1) is 0 Å². The number of hydrogen-bond acceptors (Lipinski definition) is 3. The number of halogens is 1. The van der Waals surface area contributed by atoms with Crippen molar-refractivity contribution in [3.63, 3.8) is 0 Å². The van der Waals surface area contributed by atoms with Crippen LogP contribution in [0.1, 0.15) is 16.9 Å². The molecule has 3 nitrogen and oxygen atoms in total. The van der Waals surface area contributed by atoms with Gasteiger partial charge in [-0.05, 0) is 49.7 Å². The molecule has 23 heavy (non-hydrogen) atoms. The van der Waals surface area contributed by atoms with Crippen molar-refractivity contribution in [2.75, 3.05) is 5.43 Å². The van der Waals surface area contributed by atoms with Crippen LogP contribution in [-0.4, -0.2) is 6.21 Å². The van der Waals surface area contributed by atoms with Gasteiger partial charge in [-0.25, -0.2) is 0 Å². The molecule has 1 aromatic heterocycles. The summed E-state index contributed by atoms with van der Waals surface area (Å²) < 4.78 is 6.84. The highest BCUT2D eigenvalue weighted by atomic mass is 79.9. The zero-order chi connectivity index (χ0) is 16.2. The Bertz CT molecular complexity index is 835. The fourth-order valence-electron chi connectivity index (χ4n) is 2.30. The van der Waals surface area contributed by atoms with Crippen molar-refractivity contribution in [1.82, 2.24) is 0 Å². The normalized spacial score (nSPS) is 11.1. The lowest BCUT2D eigenvalue weighted by molar-refractivity contribution is 0.575. The van der Waals surface area contributed by atoms with Crippen molar-refractivity contribution in [2.45, 2.75) is 13.8 Å². The molecule has 1 N–H and O–H groups in total. The van der Waals surface area contributed by atoms with Gasteiger partial charge in [0.2, 0.25) is 0 Å². The van der Waals surface area contributed by atoms with Crippen LogP contribution in [0.4, 0.5) is 5.69 Å². The molecule has 0 aliphatic carbocycles. The molecule has 0 spiro atoms. The van der Waals surface area contributed by atoms with E-state index in [2.05, 4.69) is 52.4 Å². The zero-order valence-electron chi connectivity index (χ0n) is 13.0. The van der Waals surface area contributed by atoms with Gasteiger partial charge in [-0.3, -0.25) is 5.43 Å². The van der Waals surface area contributed by atoms with Gasteiger partial charge in [0.25, 0.3) is 0 Å². The molecule has 0 radical (unpaired) electrons. The lowest BCUT2D eigenvalue weighted by Gasteiger charge is -2.04. The van der Waals surface area contributed by atoms with Crippen LogP contribution >= 0.6 is 15.9 Å². The summed E-state index contributed by atoms with van der Waals surface area (Å²) in [7, 11) is 0. The van der Waals surface area contributed by atoms with Gasteiger partial charge in [0.1, 0.15) is 11.5 Å². The second kappa shape index (κ2) is 6.84. The van der Waals surface area contributed by atoms with Crippen LogP contribution in [-0.2, 0) is 0 Å². The summed E-state index contributed by atoms with van der Waals surface area (Å²) in [5.74, 6) is 1.53. The van der Waals surface area contributed by atoms with Crippen LogP contribution in [0.2, 0.25) is 0 Å². The molecule has 0 bridgehead atoms. The molecule has 0 saturated heterocycles. The van der Waals surface area contributed by atoms with Crippen LogP contribution in [0, 0.1) is 13.8 Å². The van der Waals surface area contributed by atoms with Gasteiger partial charge in [0, 0.05) is 10.0 Å². The Morgan fingerprint density at radius 2 is 1.78 bits per heavy atom. The Balaban J connectivity index is 1.70. The summed E-state index contributed by atoms with van der Waals surface area (Å²) in [5, 5.41) is 4.25. The standard InChI is InChI=1S/C19H17BrN2O/c1-13-3-9-18(14(2)11-13)22-21-12-17-8-10-19(23-17)15-4-6-16(20)7-5-15/h3-12,22H,1-2H3. The molecular formula is C19H17BrN2O. The first-order valence-electron chi connectivity index (χ1n) is 7.34. The first kappa shape index (κ1) is 15.6. The molecule has 3 rings (SSSR count). The number of hydrazone groups is 1. The lowest BCUT2D eigenvalue weighted by atomic mass is 10.1.